The number of H-pyrrole nitrogens is 1. The molecule has 0 spiro atoms. The molecule has 0 saturated heterocycles. The van der Waals surface area contributed by atoms with Crippen LogP contribution < -0.4 is 5.32 Å². The molecular formula is C17H18N4O3. The lowest BCUT2D eigenvalue weighted by molar-refractivity contribution is -0.126. The van der Waals surface area contributed by atoms with E-state index in [0.29, 0.717) is 0 Å². The first-order valence-corrected chi connectivity index (χ1v) is 7.55. The number of nitrogens with one attached hydrogen (secondary N) is 2. The number of aliphatic hydroxyl groups excluding tert-OH is 1. The van der Waals surface area contributed by atoms with Gasteiger partial charge in [0.05, 0.1) is 24.4 Å². The summed E-state index contributed by atoms with van der Waals surface area (Å²) >= 11 is 0. The third-order valence-corrected chi connectivity index (χ3v) is 4.07. The van der Waals surface area contributed by atoms with Crippen molar-refractivity contribution in [2.24, 2.45) is 0 Å². The SMILES string of the molecule is CC(NC(=O)C1=C(O)C(=O)N(C)C1)c1cccc(-c2cn[nH]c2)c1. The topological polar surface area (TPSA) is 98.3 Å². The number of benzene rings is 1. The Balaban J connectivity index is 1.76. The zero-order chi connectivity index (χ0) is 17.3. The molecule has 24 heavy (non-hydrogen) atoms. The van der Waals surface area contributed by atoms with Crippen LogP contribution in [0, 0.1) is 0 Å². The molecule has 0 saturated carbocycles. The van der Waals surface area contributed by atoms with Crippen molar-refractivity contribution in [2.45, 2.75) is 13.0 Å². The highest BCUT2D eigenvalue weighted by Gasteiger charge is 2.32. The fraction of sp³-hybridized carbons (Fsp3) is 0.235. The summed E-state index contributed by atoms with van der Waals surface area (Å²) in [6.45, 7) is 1.96. The highest BCUT2D eigenvalue weighted by Crippen LogP contribution is 2.23. The molecule has 124 valence electrons. The van der Waals surface area contributed by atoms with Crippen LogP contribution in [-0.2, 0) is 9.59 Å². The van der Waals surface area contributed by atoms with Crippen LogP contribution in [0.2, 0.25) is 0 Å². The van der Waals surface area contributed by atoms with Crippen molar-refractivity contribution in [1.29, 1.82) is 0 Å². The summed E-state index contributed by atoms with van der Waals surface area (Å²) in [5, 5.41) is 19.3. The Hall–Kier alpha value is -3.09. The van der Waals surface area contributed by atoms with Crippen molar-refractivity contribution in [2.75, 3.05) is 13.6 Å². The van der Waals surface area contributed by atoms with Crippen molar-refractivity contribution >= 4 is 11.8 Å². The van der Waals surface area contributed by atoms with Gasteiger partial charge in [0.15, 0.2) is 5.76 Å². The number of carbonyl (C=O) groups excluding carboxylic acids is 2. The Kier molecular flexibility index (Phi) is 4.07. The second kappa shape index (κ2) is 6.19. The average Bonchev–Trinajstić information content (AvgIpc) is 3.20. The molecular weight excluding hydrogens is 308 g/mol. The van der Waals surface area contributed by atoms with E-state index in [1.54, 1.807) is 12.4 Å². The molecule has 1 aliphatic heterocycles. The van der Waals surface area contributed by atoms with Gasteiger partial charge in [0.25, 0.3) is 11.8 Å². The van der Waals surface area contributed by atoms with Crippen molar-refractivity contribution in [3.05, 3.63) is 53.6 Å². The number of rotatable bonds is 4. The first kappa shape index (κ1) is 15.8. The van der Waals surface area contributed by atoms with Crippen LogP contribution in [0.1, 0.15) is 18.5 Å². The summed E-state index contributed by atoms with van der Waals surface area (Å²) in [6.07, 6.45) is 3.52. The van der Waals surface area contributed by atoms with Crippen LogP contribution in [0.15, 0.2) is 48.0 Å². The molecule has 7 nitrogen and oxygen atoms in total. The quantitative estimate of drug-likeness (QED) is 0.793. The van der Waals surface area contributed by atoms with E-state index in [4.69, 9.17) is 0 Å². The molecule has 0 fully saturated rings. The zero-order valence-electron chi connectivity index (χ0n) is 13.4. The molecule has 2 heterocycles. The summed E-state index contributed by atoms with van der Waals surface area (Å²) in [7, 11) is 1.54. The third-order valence-electron chi connectivity index (χ3n) is 4.07. The number of amides is 2. The van der Waals surface area contributed by atoms with E-state index in [1.807, 2.05) is 31.2 Å². The highest BCUT2D eigenvalue weighted by molar-refractivity contribution is 6.06. The van der Waals surface area contributed by atoms with Gasteiger partial charge in [-0.1, -0.05) is 18.2 Å². The number of carbonyl (C=O) groups is 2. The first-order chi connectivity index (χ1) is 11.5. The molecule has 7 heteroatoms. The van der Waals surface area contributed by atoms with Gasteiger partial charge in [0.2, 0.25) is 0 Å². The lowest BCUT2D eigenvalue weighted by Crippen LogP contribution is -2.30. The molecule has 2 aromatic rings. The maximum Gasteiger partial charge on any atom is 0.289 e. The van der Waals surface area contributed by atoms with Gasteiger partial charge < -0.3 is 15.3 Å². The minimum absolute atomic E-state index is 0.0975. The van der Waals surface area contributed by atoms with Crippen molar-refractivity contribution < 1.29 is 14.7 Å². The van der Waals surface area contributed by atoms with Gasteiger partial charge >= 0.3 is 0 Å². The molecule has 1 aliphatic rings. The van der Waals surface area contributed by atoms with Crippen LogP contribution in [-0.4, -0.2) is 45.6 Å². The molecule has 1 aromatic carbocycles. The van der Waals surface area contributed by atoms with Gasteiger partial charge in [0.1, 0.15) is 0 Å². The van der Waals surface area contributed by atoms with E-state index in [-0.39, 0.29) is 18.2 Å². The average molecular weight is 326 g/mol. The van der Waals surface area contributed by atoms with Gasteiger partial charge in [-0.25, -0.2) is 0 Å². The molecule has 0 bridgehead atoms. The number of hydrogen-bond donors (Lipinski definition) is 3. The van der Waals surface area contributed by atoms with Crippen molar-refractivity contribution in [3.8, 4) is 11.1 Å². The Morgan fingerprint density at radius 1 is 1.42 bits per heavy atom. The van der Waals surface area contributed by atoms with Crippen LogP contribution in [0.5, 0.6) is 0 Å². The first-order valence-electron chi connectivity index (χ1n) is 7.55. The predicted octanol–water partition coefficient (Wildman–Crippen LogP) is 1.54. The monoisotopic (exact) mass is 326 g/mol. The molecule has 2 amide bonds. The van der Waals surface area contributed by atoms with E-state index >= 15 is 0 Å². The van der Waals surface area contributed by atoms with Crippen LogP contribution in [0.25, 0.3) is 11.1 Å². The van der Waals surface area contributed by atoms with Crippen LogP contribution >= 0.6 is 0 Å². The molecule has 1 atom stereocenters. The molecule has 3 rings (SSSR count). The Bertz CT molecular complexity index is 811. The number of likely N-dealkylation sites (N-methyl/N-ethyl adjacent to an activating group) is 1. The fourth-order valence-electron chi connectivity index (χ4n) is 2.64. The normalized spacial score (nSPS) is 15.8. The maximum absolute atomic E-state index is 12.3. The lowest BCUT2D eigenvalue weighted by Gasteiger charge is -2.16. The van der Waals surface area contributed by atoms with E-state index in [9.17, 15) is 14.7 Å². The number of aliphatic hydroxyl groups is 1. The molecule has 3 N–H and O–H groups in total. The van der Waals surface area contributed by atoms with Gasteiger partial charge in [-0.2, -0.15) is 5.10 Å². The zero-order valence-corrected chi connectivity index (χ0v) is 13.4. The van der Waals surface area contributed by atoms with E-state index in [0.717, 1.165) is 16.7 Å². The summed E-state index contributed by atoms with van der Waals surface area (Å²) < 4.78 is 0. The fourth-order valence-corrected chi connectivity index (χ4v) is 2.64. The van der Waals surface area contributed by atoms with Gasteiger partial charge in [0, 0.05) is 18.8 Å². The predicted molar refractivity (Wildman–Crippen MR) is 87.9 cm³/mol. The summed E-state index contributed by atoms with van der Waals surface area (Å²) in [5.41, 5.74) is 2.96. The van der Waals surface area contributed by atoms with Crippen LogP contribution in [0.4, 0.5) is 0 Å². The minimum atomic E-state index is -0.533. The Labute approximate surface area is 139 Å². The second-order valence-electron chi connectivity index (χ2n) is 5.80. The number of aromatic nitrogens is 2. The van der Waals surface area contributed by atoms with Gasteiger partial charge in [-0.3, -0.25) is 14.7 Å². The van der Waals surface area contributed by atoms with Crippen LogP contribution in [0.3, 0.4) is 0 Å². The van der Waals surface area contributed by atoms with E-state index in [2.05, 4.69) is 15.5 Å². The summed E-state index contributed by atoms with van der Waals surface area (Å²) in [6, 6.07) is 7.47. The van der Waals surface area contributed by atoms with Gasteiger partial charge in [-0.15, -0.1) is 0 Å². The van der Waals surface area contributed by atoms with Crippen molar-refractivity contribution in [1.82, 2.24) is 20.4 Å². The summed E-state index contributed by atoms with van der Waals surface area (Å²) in [4.78, 5) is 25.2. The molecule has 1 aromatic heterocycles. The van der Waals surface area contributed by atoms with E-state index < -0.39 is 17.6 Å². The molecule has 0 aliphatic carbocycles. The highest BCUT2D eigenvalue weighted by atomic mass is 16.3. The Morgan fingerprint density at radius 2 is 2.21 bits per heavy atom. The summed E-state index contributed by atoms with van der Waals surface area (Å²) in [5.74, 6) is -1.45. The van der Waals surface area contributed by atoms with Gasteiger partial charge in [-0.05, 0) is 24.1 Å². The molecule has 0 radical (unpaired) electrons. The Morgan fingerprint density at radius 3 is 2.83 bits per heavy atom. The third kappa shape index (κ3) is 2.88. The standard InChI is InChI=1S/C17H18N4O3/c1-10(20-16(23)14-9-21(2)17(24)15(14)22)11-4-3-5-12(6-11)13-7-18-19-8-13/h3-8,10,22H,9H2,1-2H3,(H,18,19)(H,20,23). The number of nitrogens with zero attached hydrogens (tertiary/aromatic N) is 2. The second-order valence-corrected chi connectivity index (χ2v) is 5.80. The lowest BCUT2D eigenvalue weighted by atomic mass is 10.0. The number of hydrogen-bond acceptors (Lipinski definition) is 4. The smallest absolute Gasteiger partial charge is 0.289 e. The molecule has 1 unspecified atom stereocenters. The minimum Gasteiger partial charge on any atom is -0.503 e. The van der Waals surface area contributed by atoms with E-state index in [1.165, 1.54) is 11.9 Å². The number of aromatic amines is 1. The largest absolute Gasteiger partial charge is 0.503 e. The van der Waals surface area contributed by atoms with Crippen molar-refractivity contribution in [3.63, 3.8) is 0 Å². The maximum atomic E-state index is 12.3.